The average molecular weight is 402 g/mol. The number of para-hydroxylation sites is 1. The van der Waals surface area contributed by atoms with Gasteiger partial charge in [0.1, 0.15) is 6.04 Å². The normalized spacial score (nSPS) is 17.2. The third-order valence-corrected chi connectivity index (χ3v) is 5.28. The highest BCUT2D eigenvalue weighted by molar-refractivity contribution is 6.00. The van der Waals surface area contributed by atoms with Crippen molar-refractivity contribution in [2.45, 2.75) is 45.3 Å². The second-order valence-corrected chi connectivity index (χ2v) is 7.09. The van der Waals surface area contributed by atoms with Crippen molar-refractivity contribution in [1.82, 2.24) is 10.6 Å². The number of nitrogens with zero attached hydrogens (tertiary/aromatic N) is 1. The van der Waals surface area contributed by atoms with E-state index in [1.54, 1.807) is 14.0 Å². The van der Waals surface area contributed by atoms with Gasteiger partial charge < -0.3 is 15.5 Å². The van der Waals surface area contributed by atoms with Gasteiger partial charge in [-0.25, -0.2) is 0 Å². The van der Waals surface area contributed by atoms with Gasteiger partial charge in [-0.1, -0.05) is 42.5 Å². The van der Waals surface area contributed by atoms with Crippen molar-refractivity contribution in [1.29, 1.82) is 0 Å². The zero-order valence-corrected chi connectivity index (χ0v) is 17.4. The zero-order chi connectivity index (χ0) is 19.4. The lowest BCUT2D eigenvalue weighted by molar-refractivity contribution is -0.128. The summed E-state index contributed by atoms with van der Waals surface area (Å²) in [5.41, 5.74) is 4.33. The smallest absolute Gasteiger partial charge is 0.249 e. The Morgan fingerprint density at radius 1 is 1.18 bits per heavy atom. The van der Waals surface area contributed by atoms with Crippen LogP contribution in [0.5, 0.6) is 0 Å². The van der Waals surface area contributed by atoms with E-state index >= 15 is 0 Å². The van der Waals surface area contributed by atoms with Gasteiger partial charge in [0.25, 0.3) is 0 Å². The first kappa shape index (κ1) is 21.9. The number of hydrogen-bond acceptors (Lipinski definition) is 3. The Kier molecular flexibility index (Phi) is 7.61. The van der Waals surface area contributed by atoms with Crippen molar-refractivity contribution in [3.05, 3.63) is 65.2 Å². The highest BCUT2D eigenvalue weighted by Crippen LogP contribution is 2.29. The molecule has 2 amide bonds. The fourth-order valence-electron chi connectivity index (χ4n) is 3.40. The van der Waals surface area contributed by atoms with Crippen molar-refractivity contribution < 1.29 is 9.59 Å². The molecule has 2 atom stereocenters. The molecule has 1 heterocycles. The summed E-state index contributed by atoms with van der Waals surface area (Å²) in [4.78, 5) is 27.5. The monoisotopic (exact) mass is 401 g/mol. The van der Waals surface area contributed by atoms with Gasteiger partial charge in [0, 0.05) is 5.69 Å². The van der Waals surface area contributed by atoms with Gasteiger partial charge in [-0.3, -0.25) is 9.59 Å². The number of benzene rings is 2. The van der Waals surface area contributed by atoms with Crippen LogP contribution >= 0.6 is 12.4 Å². The standard InChI is InChI=1S/C22H27N3O2.ClH/c1-15-8-4-5-10-18(15)14-25-20-11-7-6-9-17(20)12-13-19(22(25)27)24-21(26)16(2)23-3;/h4-11,16,19,23H,12-14H2,1-3H3,(H,24,26);1H. The molecule has 2 aromatic carbocycles. The molecule has 6 heteroatoms. The molecule has 2 N–H and O–H groups in total. The maximum absolute atomic E-state index is 13.4. The number of aryl methyl sites for hydroxylation is 2. The number of fused-ring (bicyclic) bond motifs is 1. The van der Waals surface area contributed by atoms with Gasteiger partial charge in [0.15, 0.2) is 0 Å². The number of halogens is 1. The van der Waals surface area contributed by atoms with E-state index in [1.807, 2.05) is 41.3 Å². The minimum absolute atomic E-state index is 0. The molecule has 1 aliphatic rings. The zero-order valence-electron chi connectivity index (χ0n) is 16.6. The summed E-state index contributed by atoms with van der Waals surface area (Å²) in [6.07, 6.45) is 1.35. The van der Waals surface area contributed by atoms with Crippen molar-refractivity contribution in [2.24, 2.45) is 0 Å². The van der Waals surface area contributed by atoms with Crippen molar-refractivity contribution in [3.63, 3.8) is 0 Å². The first-order valence-electron chi connectivity index (χ1n) is 9.42. The Morgan fingerprint density at radius 3 is 2.57 bits per heavy atom. The Bertz CT molecular complexity index is 840. The Hall–Kier alpha value is -2.37. The number of nitrogens with one attached hydrogen (secondary N) is 2. The number of anilines is 1. The van der Waals surface area contributed by atoms with Crippen LogP contribution in [0, 0.1) is 6.92 Å². The summed E-state index contributed by atoms with van der Waals surface area (Å²) >= 11 is 0. The maximum Gasteiger partial charge on any atom is 0.249 e. The Balaban J connectivity index is 0.00000280. The van der Waals surface area contributed by atoms with Crippen LogP contribution in [-0.2, 0) is 22.6 Å². The number of likely N-dealkylation sites (N-methyl/N-ethyl adjacent to an activating group) is 1. The molecule has 150 valence electrons. The summed E-state index contributed by atoms with van der Waals surface area (Å²) in [5, 5.41) is 5.86. The molecule has 2 aromatic rings. The highest BCUT2D eigenvalue weighted by atomic mass is 35.5. The predicted octanol–water partition coefficient (Wildman–Crippen LogP) is 2.99. The van der Waals surface area contributed by atoms with Crippen LogP contribution in [-0.4, -0.2) is 30.9 Å². The van der Waals surface area contributed by atoms with Crippen LogP contribution < -0.4 is 15.5 Å². The van der Waals surface area contributed by atoms with E-state index in [1.165, 1.54) is 0 Å². The SMILES string of the molecule is CNC(C)C(=O)NC1CCc2ccccc2N(Cc2ccccc2C)C1=O.Cl. The Morgan fingerprint density at radius 2 is 1.86 bits per heavy atom. The van der Waals surface area contributed by atoms with Gasteiger partial charge in [-0.2, -0.15) is 0 Å². The fourth-order valence-corrected chi connectivity index (χ4v) is 3.40. The molecule has 0 saturated heterocycles. The summed E-state index contributed by atoms with van der Waals surface area (Å²) in [6.45, 7) is 4.34. The van der Waals surface area contributed by atoms with Gasteiger partial charge in [0.05, 0.1) is 12.6 Å². The molecule has 0 aromatic heterocycles. The van der Waals surface area contributed by atoms with E-state index in [0.717, 1.165) is 28.8 Å². The molecule has 0 bridgehead atoms. The number of rotatable bonds is 5. The van der Waals surface area contributed by atoms with Gasteiger partial charge >= 0.3 is 0 Å². The van der Waals surface area contributed by atoms with Gasteiger partial charge in [-0.15, -0.1) is 12.4 Å². The third-order valence-electron chi connectivity index (χ3n) is 5.28. The molecule has 0 radical (unpaired) electrons. The molecule has 28 heavy (non-hydrogen) atoms. The molecule has 0 fully saturated rings. The van der Waals surface area contributed by atoms with E-state index in [4.69, 9.17) is 0 Å². The van der Waals surface area contributed by atoms with Gasteiger partial charge in [0.2, 0.25) is 11.8 Å². The second kappa shape index (κ2) is 9.71. The van der Waals surface area contributed by atoms with Crippen molar-refractivity contribution in [2.75, 3.05) is 11.9 Å². The lowest BCUT2D eigenvalue weighted by Crippen LogP contribution is -2.52. The number of hydrogen-bond donors (Lipinski definition) is 2. The molecular formula is C22H28ClN3O2. The van der Waals surface area contributed by atoms with E-state index in [9.17, 15) is 9.59 Å². The molecule has 5 nitrogen and oxygen atoms in total. The predicted molar refractivity (Wildman–Crippen MR) is 115 cm³/mol. The molecule has 0 aliphatic carbocycles. The number of amides is 2. The van der Waals surface area contributed by atoms with Crippen molar-refractivity contribution in [3.8, 4) is 0 Å². The van der Waals surface area contributed by atoms with Crippen LogP contribution in [0.15, 0.2) is 48.5 Å². The number of carbonyl (C=O) groups is 2. The summed E-state index contributed by atoms with van der Waals surface area (Å²) in [6, 6.07) is 15.2. The second-order valence-electron chi connectivity index (χ2n) is 7.09. The summed E-state index contributed by atoms with van der Waals surface area (Å²) in [7, 11) is 1.74. The number of carbonyl (C=O) groups excluding carboxylic acids is 2. The molecule has 2 unspecified atom stereocenters. The summed E-state index contributed by atoms with van der Waals surface area (Å²) < 4.78 is 0. The topological polar surface area (TPSA) is 61.4 Å². The quantitative estimate of drug-likeness (QED) is 0.809. The van der Waals surface area contributed by atoms with Crippen LogP contribution in [0.25, 0.3) is 0 Å². The first-order chi connectivity index (χ1) is 13.0. The van der Waals surface area contributed by atoms with E-state index in [-0.39, 0.29) is 30.3 Å². The molecule has 3 rings (SSSR count). The van der Waals surface area contributed by atoms with E-state index < -0.39 is 6.04 Å². The minimum Gasteiger partial charge on any atom is -0.343 e. The molecule has 0 saturated carbocycles. The molecule has 0 spiro atoms. The fraction of sp³-hybridized carbons (Fsp3) is 0.364. The largest absolute Gasteiger partial charge is 0.343 e. The average Bonchev–Trinajstić information content (AvgIpc) is 2.81. The molecule has 1 aliphatic heterocycles. The van der Waals surface area contributed by atoms with E-state index in [2.05, 4.69) is 29.7 Å². The van der Waals surface area contributed by atoms with Crippen LogP contribution in [0.3, 0.4) is 0 Å². The Labute approximate surface area is 172 Å². The van der Waals surface area contributed by atoms with Crippen LogP contribution in [0.4, 0.5) is 5.69 Å². The van der Waals surface area contributed by atoms with Crippen LogP contribution in [0.2, 0.25) is 0 Å². The van der Waals surface area contributed by atoms with Gasteiger partial charge in [-0.05, 0) is 56.5 Å². The van der Waals surface area contributed by atoms with Crippen molar-refractivity contribution >= 4 is 29.9 Å². The molecular weight excluding hydrogens is 374 g/mol. The lowest BCUT2D eigenvalue weighted by atomic mass is 10.1. The highest BCUT2D eigenvalue weighted by Gasteiger charge is 2.32. The third kappa shape index (κ3) is 4.72. The maximum atomic E-state index is 13.4. The first-order valence-corrected chi connectivity index (χ1v) is 9.42. The van der Waals surface area contributed by atoms with E-state index in [0.29, 0.717) is 13.0 Å². The summed E-state index contributed by atoms with van der Waals surface area (Å²) in [5.74, 6) is -0.211. The lowest BCUT2D eigenvalue weighted by Gasteiger charge is -2.27. The van der Waals surface area contributed by atoms with Crippen LogP contribution in [0.1, 0.15) is 30.0 Å². The minimum atomic E-state index is -0.523.